The Morgan fingerprint density at radius 1 is 1.31 bits per heavy atom. The highest BCUT2D eigenvalue weighted by Gasteiger charge is 2.19. The fourth-order valence-electron chi connectivity index (χ4n) is 1.17. The number of nitrogens with zero attached hydrogens (tertiary/aromatic N) is 1. The van der Waals surface area contributed by atoms with Crippen molar-refractivity contribution in [3.8, 4) is 0 Å². The van der Waals surface area contributed by atoms with Crippen LogP contribution < -0.4 is 5.84 Å². The van der Waals surface area contributed by atoms with E-state index in [4.69, 9.17) is 10.6 Å². The lowest BCUT2D eigenvalue weighted by atomic mass is 10.2. The Kier molecular flexibility index (Phi) is 3.90. The van der Waals surface area contributed by atoms with Crippen LogP contribution in [0.5, 0.6) is 0 Å². The molecule has 2 N–H and O–H groups in total. The van der Waals surface area contributed by atoms with E-state index in [-0.39, 0.29) is 0 Å². The van der Waals surface area contributed by atoms with Crippen LogP contribution >= 0.6 is 0 Å². The van der Waals surface area contributed by atoms with Crippen LogP contribution in [-0.4, -0.2) is 16.7 Å². The number of nitrogens with two attached hydrogens (primary N) is 1. The van der Waals surface area contributed by atoms with E-state index in [1.165, 1.54) is 0 Å². The van der Waals surface area contributed by atoms with E-state index in [9.17, 15) is 4.79 Å². The Hall–Kier alpha value is -1.55. The van der Waals surface area contributed by atoms with Gasteiger partial charge in [-0.25, -0.2) is 15.6 Å². The van der Waals surface area contributed by atoms with Crippen molar-refractivity contribution in [1.29, 1.82) is 0 Å². The molecule has 0 fully saturated rings. The summed E-state index contributed by atoms with van der Waals surface area (Å²) in [6.07, 6.45) is -0.517. The molecule has 0 aliphatic rings. The third-order valence-corrected chi connectivity index (χ3v) is 1.82. The maximum atomic E-state index is 11.5. The van der Waals surface area contributed by atoms with E-state index in [2.05, 4.69) is 0 Å². The Bertz CT molecular complexity index is 344. The van der Waals surface area contributed by atoms with Gasteiger partial charge in [-0.1, -0.05) is 30.3 Å². The van der Waals surface area contributed by atoms with Crippen LogP contribution in [0.15, 0.2) is 30.3 Å². The molecule has 0 heterocycles. The fourth-order valence-corrected chi connectivity index (χ4v) is 1.17. The molecular weight excluding hydrogens is 204 g/mol. The van der Waals surface area contributed by atoms with Crippen molar-refractivity contribution in [1.82, 2.24) is 5.01 Å². The van der Waals surface area contributed by atoms with Gasteiger partial charge >= 0.3 is 6.09 Å². The molecule has 16 heavy (non-hydrogen) atoms. The van der Waals surface area contributed by atoms with Crippen LogP contribution in [0.4, 0.5) is 4.79 Å². The van der Waals surface area contributed by atoms with E-state index in [0.29, 0.717) is 6.54 Å². The second-order valence-electron chi connectivity index (χ2n) is 4.59. The zero-order valence-electron chi connectivity index (χ0n) is 9.93. The van der Waals surface area contributed by atoms with Gasteiger partial charge in [-0.15, -0.1) is 0 Å². The van der Waals surface area contributed by atoms with E-state index in [1.807, 2.05) is 30.3 Å². The van der Waals surface area contributed by atoms with Gasteiger partial charge in [-0.2, -0.15) is 0 Å². The number of hydrogen-bond donors (Lipinski definition) is 1. The monoisotopic (exact) mass is 222 g/mol. The number of rotatable bonds is 2. The van der Waals surface area contributed by atoms with Gasteiger partial charge in [0.25, 0.3) is 0 Å². The van der Waals surface area contributed by atoms with Crippen molar-refractivity contribution < 1.29 is 9.53 Å². The first kappa shape index (κ1) is 12.5. The Morgan fingerprint density at radius 3 is 2.38 bits per heavy atom. The summed E-state index contributed by atoms with van der Waals surface area (Å²) < 4.78 is 5.13. The number of amides is 1. The van der Waals surface area contributed by atoms with Crippen molar-refractivity contribution in [2.24, 2.45) is 5.84 Å². The summed E-state index contributed by atoms with van der Waals surface area (Å²) in [5.74, 6) is 5.62. The lowest BCUT2D eigenvalue weighted by Crippen LogP contribution is -2.40. The molecular formula is C12H18N2O2. The molecule has 0 atom stereocenters. The Labute approximate surface area is 96.0 Å². The number of ether oxygens (including phenoxy) is 1. The van der Waals surface area contributed by atoms with Gasteiger partial charge in [-0.3, -0.25) is 0 Å². The van der Waals surface area contributed by atoms with Gasteiger partial charge in [0.05, 0.1) is 6.54 Å². The van der Waals surface area contributed by atoms with E-state index in [1.54, 1.807) is 20.8 Å². The molecule has 0 saturated carbocycles. The fraction of sp³-hybridized carbons (Fsp3) is 0.417. The molecule has 4 nitrogen and oxygen atoms in total. The summed E-state index contributed by atoms with van der Waals surface area (Å²) in [6, 6.07) is 9.53. The van der Waals surface area contributed by atoms with Gasteiger partial charge in [0.2, 0.25) is 0 Å². The first-order valence-electron chi connectivity index (χ1n) is 5.17. The minimum atomic E-state index is -0.522. The topological polar surface area (TPSA) is 55.6 Å². The number of hydrazine groups is 1. The van der Waals surface area contributed by atoms with Gasteiger partial charge in [0.15, 0.2) is 0 Å². The second-order valence-corrected chi connectivity index (χ2v) is 4.59. The van der Waals surface area contributed by atoms with Crippen LogP contribution in [0.2, 0.25) is 0 Å². The molecule has 0 aliphatic heterocycles. The normalized spacial score (nSPS) is 11.0. The van der Waals surface area contributed by atoms with E-state index in [0.717, 1.165) is 10.6 Å². The summed E-state index contributed by atoms with van der Waals surface area (Å²) in [7, 11) is 0. The summed E-state index contributed by atoms with van der Waals surface area (Å²) >= 11 is 0. The third-order valence-electron chi connectivity index (χ3n) is 1.82. The lowest BCUT2D eigenvalue weighted by molar-refractivity contribution is 0.0231. The van der Waals surface area contributed by atoms with Gasteiger partial charge in [-0.05, 0) is 26.3 Å². The number of carbonyl (C=O) groups excluding carboxylic acids is 1. The third kappa shape index (κ3) is 4.31. The highest BCUT2D eigenvalue weighted by Crippen LogP contribution is 2.10. The van der Waals surface area contributed by atoms with E-state index < -0.39 is 11.7 Å². The molecule has 0 bridgehead atoms. The summed E-state index contributed by atoms with van der Waals surface area (Å²) in [4.78, 5) is 11.5. The molecule has 1 amide bonds. The number of benzene rings is 1. The van der Waals surface area contributed by atoms with Crippen LogP contribution in [0.3, 0.4) is 0 Å². The minimum Gasteiger partial charge on any atom is -0.443 e. The minimum absolute atomic E-state index is 0.343. The summed E-state index contributed by atoms with van der Waals surface area (Å²) in [5.41, 5.74) is 0.446. The maximum absolute atomic E-state index is 11.5. The van der Waals surface area contributed by atoms with Crippen molar-refractivity contribution >= 4 is 6.09 Å². The SMILES string of the molecule is CC(C)(C)OC(=O)N(N)Cc1ccccc1. The molecule has 0 aliphatic carbocycles. The molecule has 0 spiro atoms. The molecule has 1 aromatic carbocycles. The average Bonchev–Trinajstić information content (AvgIpc) is 2.16. The van der Waals surface area contributed by atoms with Crippen molar-refractivity contribution in [2.45, 2.75) is 32.9 Å². The van der Waals surface area contributed by atoms with Crippen molar-refractivity contribution in [2.75, 3.05) is 0 Å². The van der Waals surface area contributed by atoms with Crippen molar-refractivity contribution in [3.05, 3.63) is 35.9 Å². The van der Waals surface area contributed by atoms with Gasteiger partial charge in [0.1, 0.15) is 5.60 Å². The summed E-state index contributed by atoms with van der Waals surface area (Å²) in [6.45, 7) is 5.76. The van der Waals surface area contributed by atoms with E-state index >= 15 is 0 Å². The second kappa shape index (κ2) is 4.99. The van der Waals surface area contributed by atoms with Crippen LogP contribution in [0, 0.1) is 0 Å². The first-order chi connectivity index (χ1) is 7.38. The summed E-state index contributed by atoms with van der Waals surface area (Å²) in [5, 5.41) is 1.07. The highest BCUT2D eigenvalue weighted by molar-refractivity contribution is 5.67. The van der Waals surface area contributed by atoms with Crippen molar-refractivity contribution in [3.63, 3.8) is 0 Å². The number of carbonyl (C=O) groups is 1. The van der Waals surface area contributed by atoms with Crippen LogP contribution in [0.1, 0.15) is 26.3 Å². The number of hydrogen-bond acceptors (Lipinski definition) is 3. The maximum Gasteiger partial charge on any atom is 0.424 e. The molecule has 1 rings (SSSR count). The first-order valence-corrected chi connectivity index (χ1v) is 5.17. The van der Waals surface area contributed by atoms with Crippen LogP contribution in [-0.2, 0) is 11.3 Å². The Balaban J connectivity index is 2.53. The highest BCUT2D eigenvalue weighted by atomic mass is 16.6. The lowest BCUT2D eigenvalue weighted by Gasteiger charge is -2.24. The zero-order valence-corrected chi connectivity index (χ0v) is 9.93. The molecule has 0 aromatic heterocycles. The Morgan fingerprint density at radius 2 is 1.88 bits per heavy atom. The molecule has 0 saturated heterocycles. The predicted molar refractivity (Wildman–Crippen MR) is 62.4 cm³/mol. The van der Waals surface area contributed by atoms with Gasteiger partial charge in [0, 0.05) is 0 Å². The van der Waals surface area contributed by atoms with Crippen LogP contribution in [0.25, 0.3) is 0 Å². The average molecular weight is 222 g/mol. The smallest absolute Gasteiger partial charge is 0.424 e. The zero-order chi connectivity index (χ0) is 12.2. The molecule has 1 aromatic rings. The molecule has 4 heteroatoms. The quantitative estimate of drug-likeness (QED) is 0.474. The van der Waals surface area contributed by atoms with Gasteiger partial charge < -0.3 is 4.74 Å². The molecule has 88 valence electrons. The standard InChI is InChI=1S/C12H18N2O2/c1-12(2,3)16-11(15)14(13)9-10-7-5-4-6-8-10/h4-8H,9,13H2,1-3H3. The molecule has 0 unspecified atom stereocenters. The predicted octanol–water partition coefficient (Wildman–Crippen LogP) is 2.30. The molecule has 0 radical (unpaired) electrons. The largest absolute Gasteiger partial charge is 0.443 e.